The van der Waals surface area contributed by atoms with Crippen LogP contribution in [0.25, 0.3) is 0 Å². The van der Waals surface area contributed by atoms with Gasteiger partial charge >= 0.3 is 0 Å². The van der Waals surface area contributed by atoms with E-state index in [1.54, 1.807) is 7.11 Å². The summed E-state index contributed by atoms with van der Waals surface area (Å²) in [5.41, 5.74) is 1.78. The van der Waals surface area contributed by atoms with Gasteiger partial charge < -0.3 is 15.0 Å². The predicted molar refractivity (Wildman–Crippen MR) is 109 cm³/mol. The van der Waals surface area contributed by atoms with Gasteiger partial charge in [-0.25, -0.2) is 0 Å². The molecule has 0 spiro atoms. The van der Waals surface area contributed by atoms with Crippen LogP contribution in [-0.2, 0) is 4.79 Å². The first-order valence-corrected chi connectivity index (χ1v) is 10.2. The normalized spacial score (nSPS) is 16.6. The third kappa shape index (κ3) is 3.91. The van der Waals surface area contributed by atoms with E-state index in [4.69, 9.17) is 4.74 Å². The molecule has 3 aromatic rings. The minimum atomic E-state index is -0.128. The van der Waals surface area contributed by atoms with Crippen LogP contribution in [0.3, 0.4) is 0 Å². The van der Waals surface area contributed by atoms with Crippen LogP contribution in [0.1, 0.15) is 6.42 Å². The molecule has 4 rings (SSSR count). The Morgan fingerprint density at radius 1 is 1.15 bits per heavy atom. The van der Waals surface area contributed by atoms with Gasteiger partial charge in [0.25, 0.3) is 0 Å². The highest BCUT2D eigenvalue weighted by atomic mass is 32.2. The van der Waals surface area contributed by atoms with Gasteiger partial charge in [-0.2, -0.15) is 0 Å². The number of thioether (sulfide) groups is 1. The zero-order chi connectivity index (χ0) is 18.6. The van der Waals surface area contributed by atoms with Gasteiger partial charge in [0, 0.05) is 12.2 Å². The Balaban J connectivity index is 1.42. The molecule has 1 aromatic heterocycles. The molecular weight excluding hydrogens is 380 g/mol. The van der Waals surface area contributed by atoms with Crippen molar-refractivity contribution in [2.75, 3.05) is 23.9 Å². The van der Waals surface area contributed by atoms with Crippen LogP contribution in [0.4, 0.5) is 16.5 Å². The third-order valence-corrected chi connectivity index (χ3v) is 6.40. The summed E-state index contributed by atoms with van der Waals surface area (Å²) in [6.45, 7) is 0.728. The first-order valence-electron chi connectivity index (χ1n) is 8.51. The molecule has 138 valence electrons. The molecule has 2 aromatic carbocycles. The highest BCUT2D eigenvalue weighted by Gasteiger charge is 2.34. The number of methoxy groups -OCH3 is 1. The molecule has 1 amide bonds. The summed E-state index contributed by atoms with van der Waals surface area (Å²) in [7, 11) is 1.63. The molecule has 1 atom stereocenters. The molecule has 1 N–H and O–H groups in total. The Morgan fingerprint density at radius 2 is 1.93 bits per heavy atom. The van der Waals surface area contributed by atoms with Crippen molar-refractivity contribution in [3.8, 4) is 5.75 Å². The van der Waals surface area contributed by atoms with E-state index in [2.05, 4.69) is 15.5 Å². The standard InChI is InChI=1S/C19H18N4O2S2/c1-25-15-10-6-5-9-14(15)20-18-21-22-19(27-18)26-16-11-12-23(17(16)24)13-7-3-2-4-8-13/h2-10,16H,11-12H2,1H3,(H,20,21). The number of carbonyl (C=O) groups is 1. The molecular formula is C19H18N4O2S2. The summed E-state index contributed by atoms with van der Waals surface area (Å²) in [5.74, 6) is 0.868. The number of benzene rings is 2. The summed E-state index contributed by atoms with van der Waals surface area (Å²) < 4.78 is 6.12. The maximum atomic E-state index is 12.7. The number of hydrogen-bond acceptors (Lipinski definition) is 7. The van der Waals surface area contributed by atoms with Crippen LogP contribution < -0.4 is 15.0 Å². The van der Waals surface area contributed by atoms with Crippen molar-refractivity contribution in [2.24, 2.45) is 0 Å². The van der Waals surface area contributed by atoms with Crippen molar-refractivity contribution in [2.45, 2.75) is 16.0 Å². The van der Waals surface area contributed by atoms with Crippen molar-refractivity contribution in [3.63, 3.8) is 0 Å². The van der Waals surface area contributed by atoms with E-state index >= 15 is 0 Å². The van der Waals surface area contributed by atoms with Crippen molar-refractivity contribution < 1.29 is 9.53 Å². The summed E-state index contributed by atoms with van der Waals surface area (Å²) in [6.07, 6.45) is 0.799. The first-order chi connectivity index (χ1) is 13.2. The minimum Gasteiger partial charge on any atom is -0.495 e. The second-order valence-corrected chi connectivity index (χ2v) is 8.35. The monoisotopic (exact) mass is 398 g/mol. The molecule has 8 heteroatoms. The summed E-state index contributed by atoms with van der Waals surface area (Å²) in [6, 6.07) is 17.4. The molecule has 6 nitrogen and oxygen atoms in total. The highest BCUT2D eigenvalue weighted by Crippen LogP contribution is 2.37. The van der Waals surface area contributed by atoms with E-state index in [1.165, 1.54) is 23.1 Å². The number of hydrogen-bond donors (Lipinski definition) is 1. The average Bonchev–Trinajstić information content (AvgIpc) is 3.30. The Labute approximate surface area is 165 Å². The molecule has 0 saturated carbocycles. The van der Waals surface area contributed by atoms with Gasteiger partial charge in [-0.3, -0.25) is 4.79 Å². The molecule has 1 unspecified atom stereocenters. The van der Waals surface area contributed by atoms with Crippen LogP contribution in [-0.4, -0.2) is 35.0 Å². The molecule has 1 saturated heterocycles. The lowest BCUT2D eigenvalue weighted by Crippen LogP contribution is -2.27. The number of para-hydroxylation sites is 3. The van der Waals surface area contributed by atoms with E-state index in [1.807, 2.05) is 59.5 Å². The molecule has 1 aliphatic rings. The van der Waals surface area contributed by atoms with Gasteiger partial charge in [-0.1, -0.05) is 53.4 Å². The van der Waals surface area contributed by atoms with Gasteiger partial charge in [0.1, 0.15) is 5.75 Å². The molecule has 27 heavy (non-hydrogen) atoms. The zero-order valence-corrected chi connectivity index (χ0v) is 16.3. The van der Waals surface area contributed by atoms with Crippen LogP contribution in [0, 0.1) is 0 Å². The summed E-state index contributed by atoms with van der Waals surface area (Å²) in [5, 5.41) is 12.2. The number of carbonyl (C=O) groups excluding carboxylic acids is 1. The van der Waals surface area contributed by atoms with Gasteiger partial charge in [0.15, 0.2) is 4.34 Å². The van der Waals surface area contributed by atoms with E-state index in [9.17, 15) is 4.79 Å². The molecule has 0 radical (unpaired) electrons. The average molecular weight is 399 g/mol. The lowest BCUT2D eigenvalue weighted by Gasteiger charge is -2.16. The Hall–Kier alpha value is -2.58. The van der Waals surface area contributed by atoms with Crippen LogP contribution >= 0.6 is 23.1 Å². The van der Waals surface area contributed by atoms with Gasteiger partial charge in [-0.15, -0.1) is 10.2 Å². The van der Waals surface area contributed by atoms with Crippen LogP contribution in [0.5, 0.6) is 5.75 Å². The van der Waals surface area contributed by atoms with Gasteiger partial charge in [0.05, 0.1) is 18.0 Å². The summed E-state index contributed by atoms with van der Waals surface area (Å²) in [4.78, 5) is 14.6. The minimum absolute atomic E-state index is 0.126. The number of amides is 1. The second-order valence-electron chi connectivity index (χ2n) is 5.92. The van der Waals surface area contributed by atoms with Gasteiger partial charge in [0.2, 0.25) is 11.0 Å². The number of aromatic nitrogens is 2. The molecule has 0 aliphatic carbocycles. The topological polar surface area (TPSA) is 67.3 Å². The maximum Gasteiger partial charge on any atom is 0.240 e. The van der Waals surface area contributed by atoms with Crippen molar-refractivity contribution >= 4 is 45.5 Å². The number of rotatable bonds is 6. The van der Waals surface area contributed by atoms with Crippen LogP contribution in [0.2, 0.25) is 0 Å². The predicted octanol–water partition coefficient (Wildman–Crippen LogP) is 4.19. The quantitative estimate of drug-likeness (QED) is 0.672. The Bertz CT molecular complexity index is 932. The number of ether oxygens (including phenoxy) is 1. The SMILES string of the molecule is COc1ccccc1Nc1nnc(SC2CCN(c3ccccc3)C2=O)s1. The number of anilines is 3. The van der Waals surface area contributed by atoms with E-state index in [0.29, 0.717) is 5.13 Å². The fourth-order valence-corrected chi connectivity index (χ4v) is 4.97. The lowest BCUT2D eigenvalue weighted by molar-refractivity contribution is -0.116. The zero-order valence-electron chi connectivity index (χ0n) is 14.7. The Kier molecular flexibility index (Phi) is 5.26. The molecule has 2 heterocycles. The maximum absolute atomic E-state index is 12.7. The smallest absolute Gasteiger partial charge is 0.240 e. The van der Waals surface area contributed by atoms with E-state index in [0.717, 1.165) is 34.4 Å². The molecule has 0 bridgehead atoms. The lowest BCUT2D eigenvalue weighted by atomic mass is 10.3. The van der Waals surface area contributed by atoms with Crippen molar-refractivity contribution in [3.05, 3.63) is 54.6 Å². The fraction of sp³-hybridized carbons (Fsp3) is 0.211. The van der Waals surface area contributed by atoms with E-state index < -0.39 is 0 Å². The number of nitrogens with zero attached hydrogens (tertiary/aromatic N) is 3. The van der Waals surface area contributed by atoms with Gasteiger partial charge in [-0.05, 0) is 30.7 Å². The number of nitrogens with one attached hydrogen (secondary N) is 1. The first kappa shape index (κ1) is 17.8. The molecule has 1 aliphatic heterocycles. The second kappa shape index (κ2) is 7.98. The molecule has 1 fully saturated rings. The van der Waals surface area contributed by atoms with E-state index in [-0.39, 0.29) is 11.2 Å². The summed E-state index contributed by atoms with van der Waals surface area (Å²) >= 11 is 2.92. The third-order valence-electron chi connectivity index (χ3n) is 4.22. The van der Waals surface area contributed by atoms with Crippen LogP contribution in [0.15, 0.2) is 58.9 Å². The fourth-order valence-electron chi connectivity index (χ4n) is 2.92. The van der Waals surface area contributed by atoms with Crippen molar-refractivity contribution in [1.82, 2.24) is 10.2 Å². The highest BCUT2D eigenvalue weighted by molar-refractivity contribution is 8.02. The Morgan fingerprint density at radius 3 is 2.74 bits per heavy atom. The van der Waals surface area contributed by atoms with Crippen molar-refractivity contribution in [1.29, 1.82) is 0 Å². The largest absolute Gasteiger partial charge is 0.495 e.